The molecule has 1 amide bonds. The summed E-state index contributed by atoms with van der Waals surface area (Å²) >= 11 is 3.65. The zero-order chi connectivity index (χ0) is 25.3. The summed E-state index contributed by atoms with van der Waals surface area (Å²) in [4.78, 5) is 30.0. The van der Waals surface area contributed by atoms with Crippen LogP contribution in [0.4, 0.5) is 5.69 Å². The summed E-state index contributed by atoms with van der Waals surface area (Å²) in [5.74, 6) is -0.242. The van der Waals surface area contributed by atoms with Gasteiger partial charge >= 0.3 is 5.97 Å². The molecular weight excluding hydrogens is 464 g/mol. The normalized spacial score (nSPS) is 13.7. The summed E-state index contributed by atoms with van der Waals surface area (Å²) in [6, 6.07) is 15.2. The van der Waals surface area contributed by atoms with Crippen LogP contribution in [0.2, 0.25) is 0 Å². The van der Waals surface area contributed by atoms with E-state index < -0.39 is 5.97 Å². The predicted molar refractivity (Wildman–Crippen MR) is 138 cm³/mol. The Balaban J connectivity index is 1.72. The van der Waals surface area contributed by atoms with Crippen LogP contribution >= 0.6 is 12.9 Å². The number of ether oxygens (including phenoxy) is 1. The lowest BCUT2D eigenvalue weighted by Gasteiger charge is -2.31. The number of hydrogen-bond acceptors (Lipinski definition) is 7. The maximum absolute atomic E-state index is 13.7. The molecule has 2 aromatic carbocycles. The van der Waals surface area contributed by atoms with Crippen molar-refractivity contribution in [3.63, 3.8) is 0 Å². The van der Waals surface area contributed by atoms with Crippen LogP contribution in [0.1, 0.15) is 46.0 Å². The second-order valence-electron chi connectivity index (χ2n) is 9.54. The van der Waals surface area contributed by atoms with E-state index in [1.54, 1.807) is 36.3 Å². The van der Waals surface area contributed by atoms with Gasteiger partial charge in [0.2, 0.25) is 0 Å². The number of carbonyl (C=O) groups excluding carboxylic acids is 2. The van der Waals surface area contributed by atoms with E-state index in [0.717, 1.165) is 12.2 Å². The Morgan fingerprint density at radius 2 is 1.71 bits per heavy atom. The first-order valence-corrected chi connectivity index (χ1v) is 11.7. The van der Waals surface area contributed by atoms with Gasteiger partial charge in [0.05, 0.1) is 12.8 Å². The quantitative estimate of drug-likeness (QED) is 0.396. The second-order valence-corrected chi connectivity index (χ2v) is 9.72. The number of carbonyl (C=O) groups is 2. The van der Waals surface area contributed by atoms with Crippen LogP contribution in [0.5, 0.6) is 5.75 Å². The van der Waals surface area contributed by atoms with E-state index in [1.165, 1.54) is 10.2 Å². The number of hydrogen-bond donors (Lipinski definition) is 1. The average Bonchev–Trinajstić information content (AvgIpc) is 3.24. The Labute approximate surface area is 211 Å². The summed E-state index contributed by atoms with van der Waals surface area (Å²) in [6.07, 6.45) is 0.462. The SMILES string of the molecule is COc1ccc(-n2nc(C(=O)OS)c3c2C(=O)N(c2ccc(C(C)(C)CN(C)C)cc2)CC3)cc1. The summed E-state index contributed by atoms with van der Waals surface area (Å²) in [5.41, 5.74) is 3.59. The number of fused-ring (bicyclic) bond motifs is 1. The molecule has 184 valence electrons. The number of likely N-dealkylation sites (N-methyl/N-ethyl adjacent to an activating group) is 1. The van der Waals surface area contributed by atoms with Crippen molar-refractivity contribution in [2.45, 2.75) is 25.7 Å². The summed E-state index contributed by atoms with van der Waals surface area (Å²) in [7, 11) is 5.70. The zero-order valence-electron chi connectivity index (χ0n) is 20.6. The molecule has 0 N–H and O–H groups in total. The molecule has 8 nitrogen and oxygen atoms in total. The van der Waals surface area contributed by atoms with Crippen molar-refractivity contribution in [3.05, 3.63) is 71.0 Å². The maximum atomic E-state index is 13.7. The van der Waals surface area contributed by atoms with Crippen molar-refractivity contribution in [2.24, 2.45) is 0 Å². The molecular formula is C26H30N4O4S. The van der Waals surface area contributed by atoms with E-state index in [-0.39, 0.29) is 17.0 Å². The van der Waals surface area contributed by atoms with E-state index in [1.807, 2.05) is 12.1 Å². The van der Waals surface area contributed by atoms with E-state index >= 15 is 0 Å². The smallest absolute Gasteiger partial charge is 0.370 e. The van der Waals surface area contributed by atoms with Gasteiger partial charge in [-0.25, -0.2) is 9.48 Å². The topological polar surface area (TPSA) is 76.9 Å². The third-order valence-electron chi connectivity index (χ3n) is 6.28. The standard InChI is InChI=1S/C26H30N4O4S/c1-26(2,16-28(3)4)17-6-8-18(9-7-17)29-15-14-21-22(25(32)34-35)27-30(23(21)24(29)31)19-10-12-20(33-5)13-11-19/h6-13,35H,14-16H2,1-5H3. The molecule has 0 unspecified atom stereocenters. The highest BCUT2D eigenvalue weighted by molar-refractivity contribution is 7.75. The Morgan fingerprint density at radius 3 is 2.29 bits per heavy atom. The van der Waals surface area contributed by atoms with Crippen molar-refractivity contribution in [2.75, 3.05) is 39.2 Å². The molecule has 0 bridgehead atoms. The fourth-order valence-corrected chi connectivity index (χ4v) is 4.78. The molecule has 4 rings (SSSR count). The number of amides is 1. The first-order valence-electron chi connectivity index (χ1n) is 11.4. The number of thiol groups is 1. The van der Waals surface area contributed by atoms with Gasteiger partial charge in [0.15, 0.2) is 5.69 Å². The molecule has 0 radical (unpaired) electrons. The third kappa shape index (κ3) is 4.78. The number of methoxy groups -OCH3 is 1. The Bertz CT molecular complexity index is 1230. The minimum Gasteiger partial charge on any atom is -0.497 e. The molecule has 1 aromatic heterocycles. The molecule has 2 heterocycles. The lowest BCUT2D eigenvalue weighted by Crippen LogP contribution is -2.39. The highest BCUT2D eigenvalue weighted by Crippen LogP contribution is 2.31. The first-order chi connectivity index (χ1) is 16.7. The van der Waals surface area contributed by atoms with Gasteiger partial charge in [-0.15, -0.1) is 0 Å². The summed E-state index contributed by atoms with van der Waals surface area (Å²) < 4.78 is 11.4. The van der Waals surface area contributed by atoms with Crippen LogP contribution in [0.25, 0.3) is 5.69 Å². The van der Waals surface area contributed by atoms with Gasteiger partial charge in [-0.2, -0.15) is 5.10 Å². The van der Waals surface area contributed by atoms with Gasteiger partial charge in [-0.3, -0.25) is 4.79 Å². The first kappa shape index (κ1) is 24.8. The van der Waals surface area contributed by atoms with Gasteiger partial charge in [-0.05, 0) is 62.5 Å². The second kappa shape index (κ2) is 9.75. The molecule has 0 aliphatic carbocycles. The van der Waals surface area contributed by atoms with Crippen LogP contribution in [0.3, 0.4) is 0 Å². The molecule has 0 saturated heterocycles. The van der Waals surface area contributed by atoms with Crippen molar-refractivity contribution < 1.29 is 18.5 Å². The largest absolute Gasteiger partial charge is 0.497 e. The van der Waals surface area contributed by atoms with E-state index in [4.69, 9.17) is 4.74 Å². The molecule has 0 saturated carbocycles. The third-order valence-corrected chi connectivity index (χ3v) is 6.45. The minimum absolute atomic E-state index is 0.0315. The number of nitrogens with zero attached hydrogens (tertiary/aromatic N) is 4. The van der Waals surface area contributed by atoms with Crippen molar-refractivity contribution >= 4 is 30.5 Å². The van der Waals surface area contributed by atoms with Crippen LogP contribution in [0, 0.1) is 0 Å². The van der Waals surface area contributed by atoms with Gasteiger partial charge in [0, 0.05) is 42.7 Å². The maximum Gasteiger partial charge on any atom is 0.370 e. The van der Waals surface area contributed by atoms with Crippen molar-refractivity contribution in [3.8, 4) is 11.4 Å². The van der Waals surface area contributed by atoms with E-state index in [2.05, 4.69) is 67.2 Å². The molecule has 3 aromatic rings. The summed E-state index contributed by atoms with van der Waals surface area (Å²) in [5, 5.41) is 4.44. The van der Waals surface area contributed by atoms with E-state index in [9.17, 15) is 9.59 Å². The lowest BCUT2D eigenvalue weighted by molar-refractivity contribution is 0.0764. The number of benzene rings is 2. The van der Waals surface area contributed by atoms with Crippen molar-refractivity contribution in [1.29, 1.82) is 0 Å². The van der Waals surface area contributed by atoms with Crippen LogP contribution < -0.4 is 9.64 Å². The van der Waals surface area contributed by atoms with Gasteiger partial charge < -0.3 is 18.7 Å². The van der Waals surface area contributed by atoms with Gasteiger partial charge in [0.1, 0.15) is 11.4 Å². The summed E-state index contributed by atoms with van der Waals surface area (Å²) in [6.45, 7) is 5.74. The fourth-order valence-electron chi connectivity index (χ4n) is 4.70. The molecule has 9 heteroatoms. The Hall–Kier alpha value is -3.30. The van der Waals surface area contributed by atoms with Gasteiger partial charge in [0.25, 0.3) is 5.91 Å². The number of aromatic nitrogens is 2. The fraction of sp³-hybridized carbons (Fsp3) is 0.346. The lowest BCUT2D eigenvalue weighted by atomic mass is 9.84. The molecule has 0 atom stereocenters. The molecule has 1 aliphatic rings. The Morgan fingerprint density at radius 1 is 1.09 bits per heavy atom. The number of rotatable bonds is 7. The van der Waals surface area contributed by atoms with E-state index in [0.29, 0.717) is 35.7 Å². The molecule has 35 heavy (non-hydrogen) atoms. The van der Waals surface area contributed by atoms with Crippen LogP contribution in [0.15, 0.2) is 48.5 Å². The molecule has 1 aliphatic heterocycles. The van der Waals surface area contributed by atoms with Crippen LogP contribution in [-0.4, -0.2) is 60.9 Å². The number of anilines is 1. The van der Waals surface area contributed by atoms with Gasteiger partial charge in [-0.1, -0.05) is 26.0 Å². The van der Waals surface area contributed by atoms with Crippen molar-refractivity contribution in [1.82, 2.24) is 14.7 Å². The highest BCUT2D eigenvalue weighted by Gasteiger charge is 2.35. The van der Waals surface area contributed by atoms with Crippen LogP contribution in [-0.2, 0) is 16.0 Å². The average molecular weight is 495 g/mol. The zero-order valence-corrected chi connectivity index (χ0v) is 21.5. The molecule has 0 fully saturated rings. The predicted octanol–water partition coefficient (Wildman–Crippen LogP) is 3.92. The Kier molecular flexibility index (Phi) is 6.91. The monoisotopic (exact) mass is 494 g/mol. The molecule has 0 spiro atoms. The minimum atomic E-state index is -0.689. The highest BCUT2D eigenvalue weighted by atomic mass is 32.1.